The van der Waals surface area contributed by atoms with Crippen LogP contribution in [0.3, 0.4) is 0 Å². The first-order valence-electron chi connectivity index (χ1n) is 10.3. The highest BCUT2D eigenvalue weighted by molar-refractivity contribution is 5.98. The number of fused-ring (bicyclic) bond motifs is 1. The summed E-state index contributed by atoms with van der Waals surface area (Å²) >= 11 is 0. The summed E-state index contributed by atoms with van der Waals surface area (Å²) in [4.78, 5) is 27.7. The lowest BCUT2D eigenvalue weighted by Gasteiger charge is -2.35. The van der Waals surface area contributed by atoms with Crippen LogP contribution in [0.4, 0.5) is 11.5 Å². The first-order chi connectivity index (χ1) is 15.0. The van der Waals surface area contributed by atoms with Crippen molar-refractivity contribution in [2.24, 2.45) is 12.0 Å². The number of hydrogen-bond donors (Lipinski definition) is 1. The van der Waals surface area contributed by atoms with Crippen LogP contribution in [-0.2, 0) is 18.4 Å². The molecular weight excluding hydrogens is 392 g/mol. The zero-order chi connectivity index (χ0) is 22.0. The van der Waals surface area contributed by atoms with Crippen LogP contribution >= 0.6 is 0 Å². The minimum atomic E-state index is 0.0338. The highest BCUT2D eigenvalue weighted by Crippen LogP contribution is 2.22. The number of carbonyl (C=O) groups excluding carboxylic acids is 1. The van der Waals surface area contributed by atoms with Gasteiger partial charge in [0.2, 0.25) is 5.91 Å². The molecular formula is C22H28N8O. The van der Waals surface area contributed by atoms with E-state index in [2.05, 4.69) is 27.5 Å². The zero-order valence-corrected chi connectivity index (χ0v) is 18.4. The standard InChI is InChI=1S/C22H28N8O/c1-23-22(29-9-10-30(21(31)15-29)17-13-25-28(4)14-17)24-12-16-11-20(27(2)3)26-19-8-6-5-7-18(16)19/h5-8,11,13-14H,9-10,12,15H2,1-4H3,(H,23,24). The zero-order valence-electron chi connectivity index (χ0n) is 18.4. The minimum absolute atomic E-state index is 0.0338. The smallest absolute Gasteiger partial charge is 0.246 e. The van der Waals surface area contributed by atoms with Crippen LogP contribution in [0.5, 0.6) is 0 Å². The molecule has 1 amide bonds. The number of hydrogen-bond acceptors (Lipinski definition) is 5. The number of aliphatic imine (C=N–C) groups is 1. The third-order valence-corrected chi connectivity index (χ3v) is 5.42. The van der Waals surface area contributed by atoms with Crippen LogP contribution in [0.25, 0.3) is 10.9 Å². The number of aromatic nitrogens is 3. The maximum absolute atomic E-state index is 12.8. The van der Waals surface area contributed by atoms with E-state index >= 15 is 0 Å². The molecule has 1 aliphatic rings. The van der Waals surface area contributed by atoms with Crippen LogP contribution in [-0.4, -0.2) is 72.3 Å². The van der Waals surface area contributed by atoms with Crippen molar-refractivity contribution in [1.29, 1.82) is 0 Å². The van der Waals surface area contributed by atoms with Gasteiger partial charge in [0.15, 0.2) is 5.96 Å². The Morgan fingerprint density at radius 2 is 2.06 bits per heavy atom. The van der Waals surface area contributed by atoms with Gasteiger partial charge in [0.1, 0.15) is 12.4 Å². The van der Waals surface area contributed by atoms with Crippen LogP contribution < -0.4 is 15.1 Å². The minimum Gasteiger partial charge on any atom is -0.363 e. The molecule has 3 heterocycles. The van der Waals surface area contributed by atoms with Gasteiger partial charge in [0, 0.05) is 59.4 Å². The summed E-state index contributed by atoms with van der Waals surface area (Å²) in [6.07, 6.45) is 3.58. The van der Waals surface area contributed by atoms with Crippen molar-refractivity contribution in [2.75, 3.05) is 50.6 Å². The van der Waals surface area contributed by atoms with E-state index in [1.54, 1.807) is 22.8 Å². The molecule has 3 aromatic rings. The van der Waals surface area contributed by atoms with Crippen LogP contribution in [0, 0.1) is 0 Å². The van der Waals surface area contributed by atoms with E-state index in [1.165, 1.54) is 0 Å². The Labute approximate surface area is 182 Å². The lowest BCUT2D eigenvalue weighted by molar-refractivity contribution is -0.120. The average molecular weight is 421 g/mol. The molecule has 1 aliphatic heterocycles. The second-order valence-electron chi connectivity index (χ2n) is 7.79. The molecule has 0 unspecified atom stereocenters. The van der Waals surface area contributed by atoms with Crippen molar-refractivity contribution in [2.45, 2.75) is 6.54 Å². The second-order valence-corrected chi connectivity index (χ2v) is 7.79. The summed E-state index contributed by atoms with van der Waals surface area (Å²) in [5.41, 5.74) is 2.92. The maximum atomic E-state index is 12.8. The normalized spacial score (nSPS) is 15.0. The van der Waals surface area contributed by atoms with Crippen molar-refractivity contribution in [1.82, 2.24) is 25.0 Å². The fourth-order valence-corrected chi connectivity index (χ4v) is 3.79. The third kappa shape index (κ3) is 4.30. The van der Waals surface area contributed by atoms with Gasteiger partial charge in [-0.1, -0.05) is 18.2 Å². The van der Waals surface area contributed by atoms with Gasteiger partial charge in [-0.05, 0) is 17.7 Å². The van der Waals surface area contributed by atoms with E-state index in [-0.39, 0.29) is 12.5 Å². The SMILES string of the molecule is CN=C(NCc1cc(N(C)C)nc2ccccc12)N1CCN(c2cnn(C)c2)C(=O)C1. The van der Waals surface area contributed by atoms with Crippen LogP contribution in [0.1, 0.15) is 5.56 Å². The predicted molar refractivity (Wildman–Crippen MR) is 123 cm³/mol. The molecule has 31 heavy (non-hydrogen) atoms. The van der Waals surface area contributed by atoms with Crippen LogP contribution in [0.2, 0.25) is 0 Å². The number of anilines is 2. The molecule has 0 aliphatic carbocycles. The summed E-state index contributed by atoms with van der Waals surface area (Å²) in [5.74, 6) is 1.66. The van der Waals surface area contributed by atoms with Crippen molar-refractivity contribution in [3.8, 4) is 0 Å². The lowest BCUT2D eigenvalue weighted by Crippen LogP contribution is -2.55. The van der Waals surface area contributed by atoms with Crippen LogP contribution in [0.15, 0.2) is 47.7 Å². The molecule has 0 spiro atoms. The molecule has 4 rings (SSSR count). The number of guanidine groups is 1. The molecule has 0 radical (unpaired) electrons. The largest absolute Gasteiger partial charge is 0.363 e. The first-order valence-corrected chi connectivity index (χ1v) is 10.3. The fourth-order valence-electron chi connectivity index (χ4n) is 3.79. The number of rotatable bonds is 4. The summed E-state index contributed by atoms with van der Waals surface area (Å²) < 4.78 is 1.70. The topological polar surface area (TPSA) is 81.9 Å². The quantitative estimate of drug-likeness (QED) is 0.508. The number of benzene rings is 1. The second kappa shape index (κ2) is 8.63. The number of nitrogens with zero attached hydrogens (tertiary/aromatic N) is 7. The fraction of sp³-hybridized carbons (Fsp3) is 0.364. The number of carbonyl (C=O) groups is 1. The Bertz CT molecular complexity index is 1120. The Morgan fingerprint density at radius 3 is 2.74 bits per heavy atom. The van der Waals surface area contributed by atoms with Gasteiger partial charge in [-0.3, -0.25) is 14.5 Å². The molecule has 2 aromatic heterocycles. The van der Waals surface area contributed by atoms with Gasteiger partial charge < -0.3 is 20.0 Å². The molecule has 1 saturated heterocycles. The molecule has 0 atom stereocenters. The molecule has 9 heteroatoms. The summed E-state index contributed by atoms with van der Waals surface area (Å²) in [5, 5.41) is 8.71. The summed E-state index contributed by atoms with van der Waals surface area (Å²) in [7, 11) is 7.57. The van der Waals surface area contributed by atoms with Gasteiger partial charge in [-0.15, -0.1) is 0 Å². The molecule has 0 saturated carbocycles. The molecule has 1 N–H and O–H groups in total. The first kappa shape index (κ1) is 20.6. The maximum Gasteiger partial charge on any atom is 0.246 e. The number of nitrogens with one attached hydrogen (secondary N) is 1. The van der Waals surface area contributed by atoms with E-state index in [4.69, 9.17) is 4.98 Å². The number of para-hydroxylation sites is 1. The van der Waals surface area contributed by atoms with Gasteiger partial charge in [-0.2, -0.15) is 5.10 Å². The van der Waals surface area contributed by atoms with Crippen molar-refractivity contribution >= 4 is 34.3 Å². The third-order valence-electron chi connectivity index (χ3n) is 5.42. The predicted octanol–water partition coefficient (Wildman–Crippen LogP) is 1.46. The Balaban J connectivity index is 1.48. The highest BCUT2D eigenvalue weighted by atomic mass is 16.2. The van der Waals surface area contributed by atoms with E-state index in [1.807, 2.05) is 55.3 Å². The molecule has 0 bridgehead atoms. The van der Waals surface area contributed by atoms with E-state index in [0.717, 1.165) is 28.0 Å². The van der Waals surface area contributed by atoms with Crippen molar-refractivity contribution < 1.29 is 4.79 Å². The average Bonchev–Trinajstić information content (AvgIpc) is 3.19. The number of aryl methyl sites for hydroxylation is 1. The van der Waals surface area contributed by atoms with E-state index in [0.29, 0.717) is 25.6 Å². The molecule has 1 aromatic carbocycles. The van der Waals surface area contributed by atoms with E-state index in [9.17, 15) is 4.79 Å². The van der Waals surface area contributed by atoms with Crippen molar-refractivity contribution in [3.63, 3.8) is 0 Å². The van der Waals surface area contributed by atoms with Gasteiger partial charge in [0.25, 0.3) is 0 Å². The highest BCUT2D eigenvalue weighted by Gasteiger charge is 2.27. The molecule has 1 fully saturated rings. The van der Waals surface area contributed by atoms with Gasteiger partial charge >= 0.3 is 0 Å². The Hall–Kier alpha value is -3.62. The lowest BCUT2D eigenvalue weighted by atomic mass is 10.1. The monoisotopic (exact) mass is 420 g/mol. The summed E-state index contributed by atoms with van der Waals surface area (Å²) in [6.45, 7) is 2.15. The number of piperazine rings is 1. The Morgan fingerprint density at radius 1 is 1.26 bits per heavy atom. The number of pyridine rings is 1. The Kier molecular flexibility index (Phi) is 5.75. The van der Waals surface area contributed by atoms with E-state index < -0.39 is 0 Å². The van der Waals surface area contributed by atoms with Gasteiger partial charge in [0.05, 0.1) is 17.4 Å². The van der Waals surface area contributed by atoms with Crippen molar-refractivity contribution in [3.05, 3.63) is 48.3 Å². The number of amides is 1. The summed E-state index contributed by atoms with van der Waals surface area (Å²) in [6, 6.07) is 10.2. The molecule has 9 nitrogen and oxygen atoms in total. The van der Waals surface area contributed by atoms with Gasteiger partial charge in [-0.25, -0.2) is 4.98 Å². The molecule has 162 valence electrons.